The average Bonchev–Trinajstić information content (AvgIpc) is 2.29. The first-order chi connectivity index (χ1) is 7.24. The van der Waals surface area contributed by atoms with Gasteiger partial charge in [-0.1, -0.05) is 12.2 Å². The number of unbranched alkanes of at least 4 members (excludes halogenated alkanes) is 2. The Balaban J connectivity index is 3.67. The Kier molecular flexibility index (Phi) is 8.93. The van der Waals surface area contributed by atoms with Crippen LogP contribution in [0.5, 0.6) is 0 Å². The van der Waals surface area contributed by atoms with Crippen molar-refractivity contribution in [2.24, 2.45) is 5.73 Å². The number of rotatable bonds is 9. The van der Waals surface area contributed by atoms with Crippen LogP contribution in [0.1, 0.15) is 19.3 Å². The van der Waals surface area contributed by atoms with Gasteiger partial charge in [0.1, 0.15) is 0 Å². The summed E-state index contributed by atoms with van der Waals surface area (Å²) in [7, 11) is 2.60. The molecule has 0 saturated heterocycles. The van der Waals surface area contributed by atoms with Gasteiger partial charge in [0, 0.05) is 33.9 Å². The van der Waals surface area contributed by atoms with Gasteiger partial charge in [-0.3, -0.25) is 0 Å². The van der Waals surface area contributed by atoms with Crippen molar-refractivity contribution in [1.29, 1.82) is 0 Å². The molecule has 0 fully saturated rings. The minimum absolute atomic E-state index is 0.618. The Hall–Kier alpha value is -0.203. The van der Waals surface area contributed by atoms with Crippen LogP contribution in [0, 0.1) is 0 Å². The fraction of sp³-hybridized carbons (Fsp3) is 0.800. The molecule has 0 aliphatic carbocycles. The molecule has 0 aromatic heterocycles. The third kappa shape index (κ3) is 6.06. The van der Waals surface area contributed by atoms with E-state index in [-0.39, 0.29) is 0 Å². The second-order valence-corrected chi connectivity index (χ2v) is 6.34. The molecular weight excluding hydrogens is 210 g/mol. The minimum atomic E-state index is -2.33. The molecule has 0 aliphatic heterocycles. The summed E-state index contributed by atoms with van der Waals surface area (Å²) in [6, 6.07) is 0.868. The maximum Gasteiger partial charge on any atom is 0.500 e. The van der Waals surface area contributed by atoms with Gasteiger partial charge >= 0.3 is 8.80 Å². The molecule has 5 heteroatoms. The van der Waals surface area contributed by atoms with Crippen molar-refractivity contribution >= 4 is 8.80 Å². The lowest BCUT2D eigenvalue weighted by molar-refractivity contribution is 0.123. The molecule has 0 radical (unpaired) electrons. The Morgan fingerprint density at radius 3 is 2.07 bits per heavy atom. The van der Waals surface area contributed by atoms with Crippen LogP contribution in [0.2, 0.25) is 6.04 Å². The fourth-order valence-electron chi connectivity index (χ4n) is 1.37. The first-order valence-corrected chi connectivity index (χ1v) is 7.18. The van der Waals surface area contributed by atoms with Crippen molar-refractivity contribution in [2.45, 2.75) is 25.3 Å². The second-order valence-electron chi connectivity index (χ2n) is 3.25. The van der Waals surface area contributed by atoms with E-state index < -0.39 is 8.80 Å². The van der Waals surface area contributed by atoms with E-state index in [2.05, 4.69) is 6.08 Å². The normalized spacial score (nSPS) is 12.5. The molecule has 0 aliphatic rings. The minimum Gasteiger partial charge on any atom is -0.377 e. The summed E-state index contributed by atoms with van der Waals surface area (Å²) in [5.74, 6) is 0. The summed E-state index contributed by atoms with van der Waals surface area (Å²) in [6.45, 7) is 0.618. The molecular formula is C10H23NO3Si. The van der Waals surface area contributed by atoms with E-state index in [1.807, 2.05) is 6.08 Å². The van der Waals surface area contributed by atoms with Gasteiger partial charge in [-0.15, -0.1) is 0 Å². The van der Waals surface area contributed by atoms with E-state index >= 15 is 0 Å². The van der Waals surface area contributed by atoms with Gasteiger partial charge in [-0.25, -0.2) is 0 Å². The summed E-state index contributed by atoms with van der Waals surface area (Å²) in [5.41, 5.74) is 5.34. The lowest BCUT2D eigenvalue weighted by Gasteiger charge is -2.24. The highest BCUT2D eigenvalue weighted by atomic mass is 28.4. The SMILES string of the molecule is CO[Si](CCCCC=CCN)(OC)OC. The van der Waals surface area contributed by atoms with Crippen LogP contribution in [0.4, 0.5) is 0 Å². The zero-order valence-corrected chi connectivity index (χ0v) is 11.0. The molecule has 2 N–H and O–H groups in total. The van der Waals surface area contributed by atoms with Gasteiger partial charge in [-0.05, 0) is 19.3 Å². The van der Waals surface area contributed by atoms with Crippen molar-refractivity contribution in [1.82, 2.24) is 0 Å². The van der Waals surface area contributed by atoms with Crippen LogP contribution in [0.15, 0.2) is 12.2 Å². The van der Waals surface area contributed by atoms with E-state index in [1.165, 1.54) is 0 Å². The summed E-state index contributed by atoms with van der Waals surface area (Å²) in [5, 5.41) is 0. The average molecular weight is 233 g/mol. The van der Waals surface area contributed by atoms with Gasteiger partial charge in [0.15, 0.2) is 0 Å². The molecule has 0 rings (SSSR count). The second kappa shape index (κ2) is 9.05. The standard InChI is InChI=1S/C10H23NO3Si/c1-12-15(13-2,14-3)10-8-6-4-5-7-9-11/h5,7H,4,6,8-11H2,1-3H3. The predicted molar refractivity (Wildman–Crippen MR) is 63.6 cm³/mol. The van der Waals surface area contributed by atoms with Crippen molar-refractivity contribution in [3.05, 3.63) is 12.2 Å². The summed E-state index contributed by atoms with van der Waals surface area (Å²) in [6.07, 6.45) is 7.31. The molecule has 90 valence electrons. The highest BCUT2D eigenvalue weighted by Gasteiger charge is 2.36. The molecule has 0 bridgehead atoms. The lowest BCUT2D eigenvalue weighted by Crippen LogP contribution is -2.42. The van der Waals surface area contributed by atoms with Crippen LogP contribution in [0.25, 0.3) is 0 Å². The molecule has 15 heavy (non-hydrogen) atoms. The molecule has 0 heterocycles. The van der Waals surface area contributed by atoms with Gasteiger partial charge in [-0.2, -0.15) is 0 Å². The van der Waals surface area contributed by atoms with Crippen LogP contribution >= 0.6 is 0 Å². The molecule has 0 spiro atoms. The highest BCUT2D eigenvalue weighted by molar-refractivity contribution is 6.60. The molecule has 0 aromatic carbocycles. The largest absolute Gasteiger partial charge is 0.500 e. The predicted octanol–water partition coefficient (Wildman–Crippen LogP) is 1.55. The fourth-order valence-corrected chi connectivity index (χ4v) is 3.17. The quantitative estimate of drug-likeness (QED) is 0.373. The topological polar surface area (TPSA) is 53.7 Å². The van der Waals surface area contributed by atoms with Gasteiger partial charge < -0.3 is 19.0 Å². The van der Waals surface area contributed by atoms with E-state index in [0.717, 1.165) is 25.3 Å². The maximum atomic E-state index is 5.34. The number of nitrogens with two attached hydrogens (primary N) is 1. The molecule has 0 saturated carbocycles. The Morgan fingerprint density at radius 1 is 1.00 bits per heavy atom. The van der Waals surface area contributed by atoms with Crippen LogP contribution in [-0.2, 0) is 13.3 Å². The molecule has 0 atom stereocenters. The van der Waals surface area contributed by atoms with E-state index in [4.69, 9.17) is 19.0 Å². The van der Waals surface area contributed by atoms with Gasteiger partial charge in [0.2, 0.25) is 0 Å². The molecule has 4 nitrogen and oxygen atoms in total. The first kappa shape index (κ1) is 14.8. The third-order valence-electron chi connectivity index (χ3n) is 2.34. The zero-order chi connectivity index (χ0) is 11.6. The van der Waals surface area contributed by atoms with E-state index in [9.17, 15) is 0 Å². The highest BCUT2D eigenvalue weighted by Crippen LogP contribution is 2.17. The monoisotopic (exact) mass is 233 g/mol. The summed E-state index contributed by atoms with van der Waals surface area (Å²) < 4.78 is 16.0. The maximum absolute atomic E-state index is 5.34. The van der Waals surface area contributed by atoms with Gasteiger partial charge in [0.05, 0.1) is 0 Å². The Bertz CT molecular complexity index is 164. The molecule has 0 aromatic rings. The van der Waals surface area contributed by atoms with Gasteiger partial charge in [0.25, 0.3) is 0 Å². The van der Waals surface area contributed by atoms with Crippen molar-refractivity contribution in [3.8, 4) is 0 Å². The molecule has 0 unspecified atom stereocenters. The third-order valence-corrected chi connectivity index (χ3v) is 5.17. The summed E-state index contributed by atoms with van der Waals surface area (Å²) in [4.78, 5) is 0. The first-order valence-electron chi connectivity index (χ1n) is 5.25. The molecule has 0 amide bonds. The van der Waals surface area contributed by atoms with Crippen molar-refractivity contribution in [2.75, 3.05) is 27.9 Å². The Morgan fingerprint density at radius 2 is 1.60 bits per heavy atom. The Labute approximate surface area is 93.8 Å². The van der Waals surface area contributed by atoms with Crippen LogP contribution in [0.3, 0.4) is 0 Å². The van der Waals surface area contributed by atoms with Crippen molar-refractivity contribution in [3.63, 3.8) is 0 Å². The van der Waals surface area contributed by atoms with E-state index in [1.54, 1.807) is 21.3 Å². The number of allylic oxidation sites excluding steroid dienone is 1. The van der Waals surface area contributed by atoms with E-state index in [0.29, 0.717) is 6.54 Å². The zero-order valence-electron chi connectivity index (χ0n) is 9.99. The van der Waals surface area contributed by atoms with Crippen LogP contribution in [-0.4, -0.2) is 36.7 Å². The number of hydrogen-bond acceptors (Lipinski definition) is 4. The summed E-state index contributed by atoms with van der Waals surface area (Å²) >= 11 is 0. The van der Waals surface area contributed by atoms with Crippen LogP contribution < -0.4 is 5.73 Å². The van der Waals surface area contributed by atoms with Crippen molar-refractivity contribution < 1.29 is 13.3 Å². The lowest BCUT2D eigenvalue weighted by atomic mass is 10.2. The number of hydrogen-bond donors (Lipinski definition) is 1. The smallest absolute Gasteiger partial charge is 0.377 e.